The molecule has 0 amide bonds. The van der Waals surface area contributed by atoms with Crippen molar-refractivity contribution in [2.45, 2.75) is 46.3 Å². The molecule has 0 aliphatic carbocycles. The standard InChI is InChI=1S/C31H34FNO4/c1-18-11-12-33(16-18)20(3)17-36-24-8-5-22(6-9-24)31-30(25-15-27(32)28(35)13-19(25)2)21(4)26-14-23(34)7-10-29(26)37-31/h5-10,13-15,18,20,31,34-35H,11-12,16-17H2,1-4H3. The molecule has 5 rings (SSSR count). The van der Waals surface area contributed by atoms with Gasteiger partial charge in [-0.15, -0.1) is 0 Å². The molecule has 5 nitrogen and oxygen atoms in total. The SMILES string of the molecule is CC1=C(c2cc(F)c(O)cc2C)C(c2ccc(OCC(C)N3CCC(C)C3)cc2)Oc2ccc(O)cc21. The zero-order valence-corrected chi connectivity index (χ0v) is 21.8. The van der Waals surface area contributed by atoms with Crippen LogP contribution in [-0.2, 0) is 0 Å². The molecule has 3 aromatic rings. The summed E-state index contributed by atoms with van der Waals surface area (Å²) in [6.07, 6.45) is 0.738. The summed E-state index contributed by atoms with van der Waals surface area (Å²) in [6, 6.07) is 16.0. The molecule has 1 saturated heterocycles. The molecule has 0 bridgehead atoms. The van der Waals surface area contributed by atoms with Crippen LogP contribution in [0.15, 0.2) is 54.6 Å². The fraction of sp³-hybridized carbons (Fsp3) is 0.355. The Morgan fingerprint density at radius 1 is 1.05 bits per heavy atom. The average molecular weight is 504 g/mol. The second-order valence-corrected chi connectivity index (χ2v) is 10.5. The summed E-state index contributed by atoms with van der Waals surface area (Å²) < 4.78 is 27.1. The molecule has 0 aromatic heterocycles. The minimum atomic E-state index is -0.688. The van der Waals surface area contributed by atoms with Gasteiger partial charge in [-0.25, -0.2) is 4.39 Å². The lowest BCUT2D eigenvalue weighted by Crippen LogP contribution is -2.35. The van der Waals surface area contributed by atoms with Gasteiger partial charge in [-0.2, -0.15) is 0 Å². The summed E-state index contributed by atoms with van der Waals surface area (Å²) in [5.74, 6) is 1.24. The summed E-state index contributed by atoms with van der Waals surface area (Å²) in [5.41, 5.74) is 4.71. The van der Waals surface area contributed by atoms with E-state index in [2.05, 4.69) is 18.7 Å². The number of allylic oxidation sites excluding steroid dienone is 1. The molecule has 2 aliphatic rings. The molecule has 194 valence electrons. The van der Waals surface area contributed by atoms with E-state index in [4.69, 9.17) is 9.47 Å². The highest BCUT2D eigenvalue weighted by atomic mass is 19.1. The Labute approximate surface area is 217 Å². The van der Waals surface area contributed by atoms with Crippen molar-refractivity contribution in [3.05, 3.63) is 82.7 Å². The van der Waals surface area contributed by atoms with Crippen molar-refractivity contribution in [2.75, 3.05) is 19.7 Å². The zero-order chi connectivity index (χ0) is 26.3. The van der Waals surface area contributed by atoms with Gasteiger partial charge in [0.2, 0.25) is 0 Å². The summed E-state index contributed by atoms with van der Waals surface area (Å²) in [4.78, 5) is 2.48. The lowest BCUT2D eigenvalue weighted by molar-refractivity contribution is 0.169. The third kappa shape index (κ3) is 5.03. The molecule has 0 radical (unpaired) electrons. The number of ether oxygens (including phenoxy) is 2. The first-order valence-corrected chi connectivity index (χ1v) is 12.9. The third-order valence-corrected chi connectivity index (χ3v) is 7.61. The number of phenolic OH excluding ortho intramolecular Hbond substituents is 2. The van der Waals surface area contributed by atoms with Crippen LogP contribution in [0.4, 0.5) is 4.39 Å². The molecular weight excluding hydrogens is 469 g/mol. The molecule has 2 heterocycles. The number of rotatable bonds is 6. The number of hydrogen-bond acceptors (Lipinski definition) is 5. The summed E-state index contributed by atoms with van der Waals surface area (Å²) in [5, 5.41) is 20.0. The highest BCUT2D eigenvalue weighted by Gasteiger charge is 2.31. The Kier molecular flexibility index (Phi) is 6.86. The predicted octanol–water partition coefficient (Wildman–Crippen LogP) is 6.72. The van der Waals surface area contributed by atoms with Gasteiger partial charge in [0.25, 0.3) is 0 Å². The molecule has 2 aliphatic heterocycles. The van der Waals surface area contributed by atoms with Gasteiger partial charge in [0, 0.05) is 23.7 Å². The van der Waals surface area contributed by atoms with Crippen LogP contribution in [0.3, 0.4) is 0 Å². The van der Waals surface area contributed by atoms with E-state index in [1.54, 1.807) is 18.2 Å². The van der Waals surface area contributed by atoms with E-state index in [1.807, 2.05) is 38.1 Å². The largest absolute Gasteiger partial charge is 0.508 e. The van der Waals surface area contributed by atoms with Crippen LogP contribution in [0.25, 0.3) is 11.1 Å². The number of halogens is 1. The Bertz CT molecular complexity index is 1330. The second kappa shape index (κ2) is 10.1. The van der Waals surface area contributed by atoms with Crippen molar-refractivity contribution in [3.63, 3.8) is 0 Å². The van der Waals surface area contributed by atoms with Crippen LogP contribution >= 0.6 is 0 Å². The Morgan fingerprint density at radius 2 is 1.81 bits per heavy atom. The molecule has 3 unspecified atom stereocenters. The number of benzene rings is 3. The second-order valence-electron chi connectivity index (χ2n) is 10.5. The fourth-order valence-electron chi connectivity index (χ4n) is 5.41. The maximum absolute atomic E-state index is 14.5. The van der Waals surface area contributed by atoms with Gasteiger partial charge in [-0.3, -0.25) is 4.90 Å². The van der Waals surface area contributed by atoms with Gasteiger partial charge < -0.3 is 19.7 Å². The lowest BCUT2D eigenvalue weighted by Gasteiger charge is -2.32. The van der Waals surface area contributed by atoms with Crippen molar-refractivity contribution < 1.29 is 24.1 Å². The Hall–Kier alpha value is -3.51. The van der Waals surface area contributed by atoms with Crippen LogP contribution in [-0.4, -0.2) is 40.9 Å². The molecular formula is C31H34FNO4. The Balaban J connectivity index is 1.45. The number of fused-ring (bicyclic) bond motifs is 1. The number of aromatic hydroxyl groups is 2. The maximum Gasteiger partial charge on any atom is 0.165 e. The monoisotopic (exact) mass is 503 g/mol. The quantitative estimate of drug-likeness (QED) is 0.391. The van der Waals surface area contributed by atoms with E-state index in [0.29, 0.717) is 24.0 Å². The molecule has 0 spiro atoms. The third-order valence-electron chi connectivity index (χ3n) is 7.61. The predicted molar refractivity (Wildman–Crippen MR) is 144 cm³/mol. The Morgan fingerprint density at radius 3 is 2.51 bits per heavy atom. The molecule has 1 fully saturated rings. The van der Waals surface area contributed by atoms with Gasteiger partial charge >= 0.3 is 0 Å². The van der Waals surface area contributed by atoms with Crippen LogP contribution in [0, 0.1) is 18.7 Å². The zero-order valence-electron chi connectivity index (χ0n) is 21.8. The first-order chi connectivity index (χ1) is 17.7. The van der Waals surface area contributed by atoms with Crippen LogP contribution < -0.4 is 9.47 Å². The van der Waals surface area contributed by atoms with E-state index in [0.717, 1.165) is 52.6 Å². The van der Waals surface area contributed by atoms with E-state index in [-0.39, 0.29) is 11.5 Å². The molecule has 2 N–H and O–H groups in total. The van der Waals surface area contributed by atoms with Gasteiger partial charge in [-0.1, -0.05) is 19.1 Å². The van der Waals surface area contributed by atoms with Crippen molar-refractivity contribution in [3.8, 4) is 23.0 Å². The minimum Gasteiger partial charge on any atom is -0.508 e. The molecule has 3 atom stereocenters. The lowest BCUT2D eigenvalue weighted by atomic mass is 9.84. The highest BCUT2D eigenvalue weighted by Crippen LogP contribution is 2.48. The number of likely N-dealkylation sites (tertiary alicyclic amines) is 1. The van der Waals surface area contributed by atoms with Crippen molar-refractivity contribution in [2.24, 2.45) is 5.92 Å². The molecule has 3 aromatic carbocycles. The average Bonchev–Trinajstić information content (AvgIpc) is 3.32. The normalized spacial score (nSPS) is 20.5. The topological polar surface area (TPSA) is 62.2 Å². The van der Waals surface area contributed by atoms with Crippen LogP contribution in [0.5, 0.6) is 23.0 Å². The molecule has 6 heteroatoms. The number of nitrogens with zero attached hydrogens (tertiary/aromatic N) is 1. The number of phenols is 2. The number of hydrogen-bond donors (Lipinski definition) is 2. The van der Waals surface area contributed by atoms with Crippen molar-refractivity contribution in [1.29, 1.82) is 0 Å². The van der Waals surface area contributed by atoms with E-state index in [9.17, 15) is 14.6 Å². The smallest absolute Gasteiger partial charge is 0.165 e. The van der Waals surface area contributed by atoms with Crippen LogP contribution in [0.1, 0.15) is 55.5 Å². The van der Waals surface area contributed by atoms with E-state index in [1.165, 1.54) is 18.6 Å². The molecule has 37 heavy (non-hydrogen) atoms. The van der Waals surface area contributed by atoms with E-state index >= 15 is 0 Å². The van der Waals surface area contributed by atoms with Gasteiger partial charge in [0.1, 0.15) is 30.0 Å². The first kappa shape index (κ1) is 25.2. The summed E-state index contributed by atoms with van der Waals surface area (Å²) >= 11 is 0. The summed E-state index contributed by atoms with van der Waals surface area (Å²) in [7, 11) is 0. The number of aryl methyl sites for hydroxylation is 1. The van der Waals surface area contributed by atoms with Crippen molar-refractivity contribution in [1.82, 2.24) is 4.90 Å². The van der Waals surface area contributed by atoms with Gasteiger partial charge in [0.15, 0.2) is 11.6 Å². The highest BCUT2D eigenvalue weighted by molar-refractivity contribution is 5.96. The first-order valence-electron chi connectivity index (χ1n) is 12.9. The van der Waals surface area contributed by atoms with Crippen LogP contribution in [0.2, 0.25) is 0 Å². The fourth-order valence-corrected chi connectivity index (χ4v) is 5.41. The van der Waals surface area contributed by atoms with Gasteiger partial charge in [0.05, 0.1) is 0 Å². The maximum atomic E-state index is 14.5. The molecule has 0 saturated carbocycles. The van der Waals surface area contributed by atoms with Crippen molar-refractivity contribution >= 4 is 11.1 Å². The van der Waals surface area contributed by atoms with Gasteiger partial charge in [-0.05, 0) is 104 Å². The minimum absolute atomic E-state index is 0.132. The summed E-state index contributed by atoms with van der Waals surface area (Å²) in [6.45, 7) is 11.1. The van der Waals surface area contributed by atoms with E-state index < -0.39 is 11.9 Å².